The number of para-hydroxylation sites is 2. The van der Waals surface area contributed by atoms with Crippen molar-refractivity contribution in [2.24, 2.45) is 0 Å². The van der Waals surface area contributed by atoms with E-state index in [0.717, 1.165) is 61.3 Å². The van der Waals surface area contributed by atoms with E-state index >= 15 is 0 Å². The Morgan fingerprint density at radius 1 is 0.359 bits per heavy atom. The van der Waals surface area contributed by atoms with Crippen LogP contribution >= 0.6 is 0 Å². The summed E-state index contributed by atoms with van der Waals surface area (Å²) >= 11 is 0. The summed E-state index contributed by atoms with van der Waals surface area (Å²) in [5.74, 6) is 1.85. The summed E-state index contributed by atoms with van der Waals surface area (Å²) in [6.45, 7) is 13.7. The fraction of sp³-hybridized carbons (Fsp3) is 0.138. The molecule has 7 aromatic carbocycles. The van der Waals surface area contributed by atoms with E-state index in [-0.39, 0.29) is 10.8 Å². The highest BCUT2D eigenvalue weighted by atomic mass is 15.0. The van der Waals surface area contributed by atoms with Gasteiger partial charge < -0.3 is 9.13 Å². The molecular formula is C58H48N6. The second-order valence-corrected chi connectivity index (χ2v) is 18.8. The van der Waals surface area contributed by atoms with Gasteiger partial charge in [0.15, 0.2) is 17.5 Å². The fourth-order valence-electron chi connectivity index (χ4n) is 9.21. The molecule has 4 aromatic heterocycles. The molecule has 6 nitrogen and oxygen atoms in total. The van der Waals surface area contributed by atoms with Crippen molar-refractivity contribution < 1.29 is 0 Å². The van der Waals surface area contributed by atoms with Crippen LogP contribution in [0.15, 0.2) is 182 Å². The number of hydrogen-bond acceptors (Lipinski definition) is 4. The smallest absolute Gasteiger partial charge is 0.164 e. The zero-order chi connectivity index (χ0) is 43.7. The third-order valence-electron chi connectivity index (χ3n) is 12.6. The lowest BCUT2D eigenvalue weighted by Gasteiger charge is -2.21. The monoisotopic (exact) mass is 828 g/mol. The molecule has 0 aliphatic heterocycles. The molecule has 0 aliphatic carbocycles. The minimum Gasteiger partial charge on any atom is -0.309 e. The van der Waals surface area contributed by atoms with Crippen LogP contribution in [0.5, 0.6) is 0 Å². The lowest BCUT2D eigenvalue weighted by atomic mass is 9.86. The van der Waals surface area contributed by atoms with Crippen molar-refractivity contribution in [1.29, 1.82) is 0 Å². The average molecular weight is 829 g/mol. The molecule has 64 heavy (non-hydrogen) atoms. The zero-order valence-corrected chi connectivity index (χ0v) is 37.0. The van der Waals surface area contributed by atoms with Crippen LogP contribution in [0.3, 0.4) is 0 Å². The first kappa shape index (κ1) is 39.2. The summed E-state index contributed by atoms with van der Waals surface area (Å²) in [4.78, 5) is 20.2. The van der Waals surface area contributed by atoms with Crippen molar-refractivity contribution in [3.63, 3.8) is 0 Å². The van der Waals surface area contributed by atoms with Gasteiger partial charge in [-0.2, -0.15) is 0 Å². The minimum absolute atomic E-state index is 0.00567. The number of pyridine rings is 1. The highest BCUT2D eigenvalue weighted by molar-refractivity contribution is 6.12. The molecule has 0 saturated carbocycles. The molecule has 0 fully saturated rings. The van der Waals surface area contributed by atoms with E-state index < -0.39 is 0 Å². The third-order valence-corrected chi connectivity index (χ3v) is 12.6. The molecule has 6 heteroatoms. The zero-order valence-electron chi connectivity index (χ0n) is 37.0. The van der Waals surface area contributed by atoms with Gasteiger partial charge in [-0.05, 0) is 70.5 Å². The Balaban J connectivity index is 1.21. The lowest BCUT2D eigenvalue weighted by Crippen LogP contribution is -2.10. The molecule has 0 spiro atoms. The van der Waals surface area contributed by atoms with Crippen LogP contribution in [-0.4, -0.2) is 29.1 Å². The van der Waals surface area contributed by atoms with Gasteiger partial charge in [-0.1, -0.05) is 163 Å². The van der Waals surface area contributed by atoms with Crippen molar-refractivity contribution in [3.05, 3.63) is 193 Å². The van der Waals surface area contributed by atoms with Crippen molar-refractivity contribution in [3.8, 4) is 56.7 Å². The summed E-state index contributed by atoms with van der Waals surface area (Å²) in [6, 6.07) is 60.5. The molecule has 0 bridgehead atoms. The van der Waals surface area contributed by atoms with E-state index in [1.165, 1.54) is 32.7 Å². The molecule has 11 rings (SSSR count). The van der Waals surface area contributed by atoms with Crippen LogP contribution in [0.1, 0.15) is 52.7 Å². The number of rotatable bonds is 6. The Morgan fingerprint density at radius 2 is 0.797 bits per heavy atom. The SMILES string of the molecule is CC(C)(C)c1ccc2c(c1)c1ccccc1n2-c1cnccc1-c1ccc(-c2nc(-c3ccccc3)nc(-c3ccccc3)n2)cc1-n1c2ccccc2c2cc(C(C)(C)C)ccc21. The van der Waals surface area contributed by atoms with Crippen molar-refractivity contribution in [2.45, 2.75) is 52.4 Å². The molecule has 0 saturated heterocycles. The number of aromatic nitrogens is 6. The van der Waals surface area contributed by atoms with Crippen molar-refractivity contribution in [2.75, 3.05) is 0 Å². The Morgan fingerprint density at radius 3 is 1.31 bits per heavy atom. The molecule has 0 aliphatic rings. The first-order valence-electron chi connectivity index (χ1n) is 22.1. The molecule has 0 radical (unpaired) electrons. The van der Waals surface area contributed by atoms with Gasteiger partial charge in [-0.3, -0.25) is 4.98 Å². The summed E-state index contributed by atoms with van der Waals surface area (Å²) in [5, 5.41) is 4.85. The average Bonchev–Trinajstić information content (AvgIpc) is 3.83. The van der Waals surface area contributed by atoms with Crippen LogP contribution in [-0.2, 0) is 10.8 Å². The molecule has 310 valence electrons. The minimum atomic E-state index is -0.0179. The van der Waals surface area contributed by atoms with Crippen LogP contribution in [0, 0.1) is 0 Å². The molecule has 0 atom stereocenters. The van der Waals surface area contributed by atoms with Gasteiger partial charge in [0.1, 0.15) is 0 Å². The van der Waals surface area contributed by atoms with Gasteiger partial charge >= 0.3 is 0 Å². The highest BCUT2D eigenvalue weighted by Gasteiger charge is 2.24. The highest BCUT2D eigenvalue weighted by Crippen LogP contribution is 2.43. The topological polar surface area (TPSA) is 61.4 Å². The van der Waals surface area contributed by atoms with Gasteiger partial charge in [-0.25, -0.2) is 15.0 Å². The Kier molecular flexibility index (Phi) is 9.17. The van der Waals surface area contributed by atoms with Gasteiger partial charge in [0.2, 0.25) is 0 Å². The molecule has 4 heterocycles. The lowest BCUT2D eigenvalue weighted by molar-refractivity contribution is 0.591. The van der Waals surface area contributed by atoms with E-state index in [2.05, 4.69) is 184 Å². The molecule has 11 aromatic rings. The maximum Gasteiger partial charge on any atom is 0.164 e. The van der Waals surface area contributed by atoms with Crippen LogP contribution in [0.2, 0.25) is 0 Å². The summed E-state index contributed by atoms with van der Waals surface area (Å²) in [6.07, 6.45) is 3.93. The second-order valence-electron chi connectivity index (χ2n) is 18.8. The second kappa shape index (κ2) is 15.0. The van der Waals surface area contributed by atoms with E-state index in [1.807, 2.05) is 48.8 Å². The Hall–Kier alpha value is -7.70. The number of benzene rings is 7. The molecule has 0 amide bonds. The summed E-state index contributed by atoms with van der Waals surface area (Å²) < 4.78 is 4.82. The molecule has 0 unspecified atom stereocenters. The molecule has 0 N–H and O–H groups in total. The maximum absolute atomic E-state index is 5.19. The standard InChI is InChI=1S/C58H48N6/c1-57(2,3)40-26-29-50-46(34-40)42-21-13-15-23-48(42)63(50)52-33-39(56-61-54(37-17-9-7-10-18-37)60-55(62-56)38-19-11-8-12-20-38)25-28-44(52)45-31-32-59-36-53(45)64-49-24-16-14-22-43(49)47-35-41(58(4,5)6)27-30-51(47)64/h7-36H,1-6H3. The molecular weight excluding hydrogens is 781 g/mol. The number of nitrogens with zero attached hydrogens (tertiary/aromatic N) is 6. The van der Waals surface area contributed by atoms with Crippen LogP contribution in [0.4, 0.5) is 0 Å². The van der Waals surface area contributed by atoms with E-state index in [9.17, 15) is 0 Å². The summed E-state index contributed by atoms with van der Waals surface area (Å²) in [5.41, 5.74) is 14.0. The van der Waals surface area contributed by atoms with Crippen LogP contribution in [0.25, 0.3) is 100 Å². The fourth-order valence-corrected chi connectivity index (χ4v) is 9.21. The summed E-state index contributed by atoms with van der Waals surface area (Å²) in [7, 11) is 0. The third kappa shape index (κ3) is 6.65. The predicted molar refractivity (Wildman–Crippen MR) is 265 cm³/mol. The van der Waals surface area contributed by atoms with E-state index in [4.69, 9.17) is 19.9 Å². The van der Waals surface area contributed by atoms with E-state index in [0.29, 0.717) is 17.5 Å². The predicted octanol–water partition coefficient (Wildman–Crippen LogP) is 14.7. The van der Waals surface area contributed by atoms with Gasteiger partial charge in [0.25, 0.3) is 0 Å². The van der Waals surface area contributed by atoms with E-state index in [1.54, 1.807) is 0 Å². The van der Waals surface area contributed by atoms with Crippen molar-refractivity contribution in [1.82, 2.24) is 29.1 Å². The van der Waals surface area contributed by atoms with Crippen molar-refractivity contribution >= 4 is 43.6 Å². The quantitative estimate of drug-likeness (QED) is 0.167. The Bertz CT molecular complexity index is 3510. The van der Waals surface area contributed by atoms with Gasteiger partial charge in [-0.15, -0.1) is 0 Å². The normalized spacial score (nSPS) is 12.2. The Labute approximate surface area is 373 Å². The first-order valence-corrected chi connectivity index (χ1v) is 22.1. The number of hydrogen-bond donors (Lipinski definition) is 0. The van der Waals surface area contributed by atoms with Gasteiger partial charge in [0.05, 0.1) is 39.6 Å². The first-order chi connectivity index (χ1) is 31.0. The van der Waals surface area contributed by atoms with Gasteiger partial charge in [0, 0.05) is 55.6 Å². The largest absolute Gasteiger partial charge is 0.309 e. The van der Waals surface area contributed by atoms with Crippen LogP contribution < -0.4 is 0 Å². The maximum atomic E-state index is 5.19. The number of fused-ring (bicyclic) bond motifs is 6.